The first-order chi connectivity index (χ1) is 13.0. The lowest BCUT2D eigenvalue weighted by molar-refractivity contribution is -0.118. The van der Waals surface area contributed by atoms with Crippen LogP contribution in [0.3, 0.4) is 0 Å². The molecule has 0 aliphatic rings. The van der Waals surface area contributed by atoms with Crippen LogP contribution in [0.25, 0.3) is 22.6 Å². The van der Waals surface area contributed by atoms with Gasteiger partial charge in [-0.15, -0.1) is 0 Å². The summed E-state index contributed by atoms with van der Waals surface area (Å²) in [4.78, 5) is 31.3. The van der Waals surface area contributed by atoms with Gasteiger partial charge < -0.3 is 20.7 Å². The number of rotatable bonds is 6. The zero-order valence-electron chi connectivity index (χ0n) is 14.7. The van der Waals surface area contributed by atoms with Gasteiger partial charge >= 0.3 is 5.97 Å². The van der Waals surface area contributed by atoms with Gasteiger partial charge in [0.1, 0.15) is 0 Å². The maximum absolute atomic E-state index is 11.9. The average Bonchev–Trinajstić information content (AvgIpc) is 3.02. The molecule has 0 unspecified atom stereocenters. The van der Waals surface area contributed by atoms with Gasteiger partial charge in [0.25, 0.3) is 0 Å². The lowest BCUT2D eigenvalue weighted by Crippen LogP contribution is -2.25. The smallest absolute Gasteiger partial charge is 0.337 e. The molecule has 2 heterocycles. The van der Waals surface area contributed by atoms with E-state index in [0.29, 0.717) is 30.2 Å². The summed E-state index contributed by atoms with van der Waals surface area (Å²) in [6, 6.07) is 12.5. The van der Waals surface area contributed by atoms with Crippen LogP contribution in [0.15, 0.2) is 48.7 Å². The lowest BCUT2D eigenvalue weighted by Gasteiger charge is -2.14. The van der Waals surface area contributed by atoms with E-state index in [2.05, 4.69) is 15.3 Å². The number of amides is 1. The third kappa shape index (κ3) is 3.95. The lowest BCUT2D eigenvalue weighted by atomic mass is 10.1. The van der Waals surface area contributed by atoms with Crippen LogP contribution in [0.4, 0.5) is 5.95 Å². The number of benzene rings is 1. The standard InChI is InChI=1S/C19H19N5O3/c1-12(25)21-9-10-24-16(15-7-8-22-19(20)23-15)11-14(18(26)27)17(24)13-5-3-2-4-6-13/h2-8,11H,9-10H2,1H3,(H,21,25)(H,26,27)(H2,20,22,23). The normalized spacial score (nSPS) is 10.6. The van der Waals surface area contributed by atoms with Crippen molar-refractivity contribution < 1.29 is 14.7 Å². The van der Waals surface area contributed by atoms with Gasteiger partial charge in [0.2, 0.25) is 11.9 Å². The Balaban J connectivity index is 2.20. The third-order valence-electron chi connectivity index (χ3n) is 4.02. The summed E-state index contributed by atoms with van der Waals surface area (Å²) in [5.41, 5.74) is 8.24. The number of nitrogen functional groups attached to an aromatic ring is 1. The number of hydrogen-bond acceptors (Lipinski definition) is 5. The quantitative estimate of drug-likeness (QED) is 0.614. The maximum atomic E-state index is 11.9. The van der Waals surface area contributed by atoms with E-state index in [-0.39, 0.29) is 17.4 Å². The molecule has 0 aliphatic carbocycles. The second-order valence-electron chi connectivity index (χ2n) is 5.90. The molecule has 0 aliphatic heterocycles. The summed E-state index contributed by atoms with van der Waals surface area (Å²) < 4.78 is 1.83. The predicted octanol–water partition coefficient (Wildman–Crippen LogP) is 2.03. The molecule has 0 saturated heterocycles. The maximum Gasteiger partial charge on any atom is 0.337 e. The van der Waals surface area contributed by atoms with Crippen LogP contribution in [0.1, 0.15) is 17.3 Å². The second kappa shape index (κ2) is 7.69. The van der Waals surface area contributed by atoms with Crippen LogP contribution in [0.5, 0.6) is 0 Å². The number of carboxylic acid groups (broad SMARTS) is 1. The summed E-state index contributed by atoms with van der Waals surface area (Å²) in [6.45, 7) is 2.15. The largest absolute Gasteiger partial charge is 0.478 e. The number of nitrogens with zero attached hydrogens (tertiary/aromatic N) is 3. The van der Waals surface area contributed by atoms with Gasteiger partial charge in [0.05, 0.1) is 22.6 Å². The first-order valence-corrected chi connectivity index (χ1v) is 8.33. The summed E-state index contributed by atoms with van der Waals surface area (Å²) in [5, 5.41) is 12.5. The fourth-order valence-electron chi connectivity index (χ4n) is 2.92. The number of carbonyl (C=O) groups excluding carboxylic acids is 1. The average molecular weight is 365 g/mol. The molecule has 0 bridgehead atoms. The van der Waals surface area contributed by atoms with E-state index in [4.69, 9.17) is 5.73 Å². The minimum absolute atomic E-state index is 0.0975. The number of carboxylic acids is 1. The number of aromatic carboxylic acids is 1. The Hall–Kier alpha value is -3.68. The monoisotopic (exact) mass is 365 g/mol. The van der Waals surface area contributed by atoms with Gasteiger partial charge in [-0.3, -0.25) is 4.79 Å². The second-order valence-corrected chi connectivity index (χ2v) is 5.90. The Bertz CT molecular complexity index is 982. The van der Waals surface area contributed by atoms with Crippen molar-refractivity contribution in [3.63, 3.8) is 0 Å². The van der Waals surface area contributed by atoms with Crippen LogP contribution in [0, 0.1) is 0 Å². The van der Waals surface area contributed by atoms with Crippen LogP contribution in [-0.2, 0) is 11.3 Å². The van der Waals surface area contributed by atoms with Crippen molar-refractivity contribution in [3.8, 4) is 22.6 Å². The van der Waals surface area contributed by atoms with Crippen molar-refractivity contribution in [1.29, 1.82) is 0 Å². The van der Waals surface area contributed by atoms with Crippen molar-refractivity contribution in [2.75, 3.05) is 12.3 Å². The van der Waals surface area contributed by atoms with Crippen LogP contribution in [0.2, 0.25) is 0 Å². The summed E-state index contributed by atoms with van der Waals surface area (Å²) in [5.74, 6) is -1.11. The Morgan fingerprint density at radius 1 is 1.22 bits per heavy atom. The van der Waals surface area contributed by atoms with E-state index in [0.717, 1.165) is 5.56 Å². The third-order valence-corrected chi connectivity index (χ3v) is 4.02. The SMILES string of the molecule is CC(=O)NCCn1c(-c2ccnc(N)n2)cc(C(=O)O)c1-c1ccccc1. The molecular weight excluding hydrogens is 346 g/mol. The fourth-order valence-corrected chi connectivity index (χ4v) is 2.92. The first kappa shape index (κ1) is 18.1. The van der Waals surface area contributed by atoms with Crippen molar-refractivity contribution >= 4 is 17.8 Å². The molecule has 1 aromatic carbocycles. The van der Waals surface area contributed by atoms with E-state index in [9.17, 15) is 14.7 Å². The summed E-state index contributed by atoms with van der Waals surface area (Å²) in [6.07, 6.45) is 1.52. The Labute approximate surface area is 155 Å². The van der Waals surface area contributed by atoms with Crippen molar-refractivity contribution in [2.45, 2.75) is 13.5 Å². The van der Waals surface area contributed by atoms with E-state index in [1.54, 1.807) is 12.1 Å². The molecule has 0 fully saturated rings. The highest BCUT2D eigenvalue weighted by Crippen LogP contribution is 2.32. The van der Waals surface area contributed by atoms with Crippen LogP contribution in [-0.4, -0.2) is 38.1 Å². The van der Waals surface area contributed by atoms with E-state index < -0.39 is 5.97 Å². The highest BCUT2D eigenvalue weighted by molar-refractivity contribution is 5.97. The van der Waals surface area contributed by atoms with Gasteiger partial charge in [-0.1, -0.05) is 30.3 Å². The first-order valence-electron chi connectivity index (χ1n) is 8.33. The highest BCUT2D eigenvalue weighted by atomic mass is 16.4. The number of nitrogens with one attached hydrogen (secondary N) is 1. The number of carbonyl (C=O) groups is 2. The number of aromatic nitrogens is 3. The Kier molecular flexibility index (Phi) is 5.16. The summed E-state index contributed by atoms with van der Waals surface area (Å²) in [7, 11) is 0. The van der Waals surface area contributed by atoms with Gasteiger partial charge in [-0.25, -0.2) is 14.8 Å². The molecule has 1 amide bonds. The molecule has 8 nitrogen and oxygen atoms in total. The zero-order valence-corrected chi connectivity index (χ0v) is 14.7. The van der Waals surface area contributed by atoms with Gasteiger partial charge in [0.15, 0.2) is 0 Å². The molecule has 0 atom stereocenters. The van der Waals surface area contributed by atoms with Gasteiger partial charge in [-0.05, 0) is 17.7 Å². The predicted molar refractivity (Wildman–Crippen MR) is 101 cm³/mol. The molecule has 3 rings (SSSR count). The zero-order chi connectivity index (χ0) is 19.4. The number of nitrogens with two attached hydrogens (primary N) is 1. The van der Waals surface area contributed by atoms with E-state index in [1.165, 1.54) is 13.1 Å². The number of anilines is 1. The minimum atomic E-state index is -1.05. The highest BCUT2D eigenvalue weighted by Gasteiger charge is 2.22. The van der Waals surface area contributed by atoms with E-state index in [1.807, 2.05) is 34.9 Å². The van der Waals surface area contributed by atoms with Crippen molar-refractivity contribution in [2.24, 2.45) is 0 Å². The molecular formula is C19H19N5O3. The van der Waals surface area contributed by atoms with Crippen LogP contribution < -0.4 is 11.1 Å². The Morgan fingerprint density at radius 3 is 2.59 bits per heavy atom. The molecule has 138 valence electrons. The molecule has 8 heteroatoms. The van der Waals surface area contributed by atoms with Gasteiger partial charge in [-0.2, -0.15) is 0 Å². The fraction of sp³-hybridized carbons (Fsp3) is 0.158. The molecule has 2 aromatic heterocycles. The molecule has 0 radical (unpaired) electrons. The minimum Gasteiger partial charge on any atom is -0.478 e. The van der Waals surface area contributed by atoms with Crippen molar-refractivity contribution in [1.82, 2.24) is 19.9 Å². The van der Waals surface area contributed by atoms with Gasteiger partial charge in [0, 0.05) is 26.2 Å². The van der Waals surface area contributed by atoms with Crippen molar-refractivity contribution in [3.05, 3.63) is 54.2 Å². The topological polar surface area (TPSA) is 123 Å². The molecule has 27 heavy (non-hydrogen) atoms. The summed E-state index contributed by atoms with van der Waals surface area (Å²) >= 11 is 0. The van der Waals surface area contributed by atoms with Crippen LogP contribution >= 0.6 is 0 Å². The molecule has 0 spiro atoms. The number of hydrogen-bond donors (Lipinski definition) is 3. The molecule has 3 aromatic rings. The van der Waals surface area contributed by atoms with E-state index >= 15 is 0 Å². The molecule has 4 N–H and O–H groups in total. The molecule has 0 saturated carbocycles. The Morgan fingerprint density at radius 2 is 1.96 bits per heavy atom.